The molecule has 1 nitrogen and oxygen atoms in total. The molecule has 0 radical (unpaired) electrons. The smallest absolute Gasteiger partial charge is 0.0575 e. The Bertz CT molecular complexity index is 95.4. The van der Waals surface area contributed by atoms with E-state index in [1.54, 1.807) is 0 Å². The second-order valence-corrected chi connectivity index (χ2v) is 4.13. The summed E-state index contributed by atoms with van der Waals surface area (Å²) < 4.78 is 5.87. The Labute approximate surface area is 90.2 Å². The van der Waals surface area contributed by atoms with Gasteiger partial charge in [0.2, 0.25) is 0 Å². The van der Waals surface area contributed by atoms with Crippen molar-refractivity contribution in [2.75, 3.05) is 6.61 Å². The van der Waals surface area contributed by atoms with Gasteiger partial charge in [0.25, 0.3) is 0 Å². The van der Waals surface area contributed by atoms with Crippen LogP contribution in [0.5, 0.6) is 0 Å². The van der Waals surface area contributed by atoms with E-state index in [2.05, 4.69) is 20.8 Å². The van der Waals surface area contributed by atoms with Gasteiger partial charge in [-0.25, -0.2) is 0 Å². The van der Waals surface area contributed by atoms with Crippen molar-refractivity contribution in [2.24, 2.45) is 0 Å². The Morgan fingerprint density at radius 1 is 0.786 bits per heavy atom. The van der Waals surface area contributed by atoms with E-state index in [9.17, 15) is 0 Å². The average molecular weight is 200 g/mol. The minimum atomic E-state index is 0.534. The van der Waals surface area contributed by atoms with Crippen LogP contribution in [-0.4, -0.2) is 12.7 Å². The molecule has 0 aliphatic carbocycles. The molecule has 14 heavy (non-hydrogen) atoms. The lowest BCUT2D eigenvalue weighted by Gasteiger charge is -2.16. The minimum absolute atomic E-state index is 0.534. The maximum atomic E-state index is 5.87. The van der Waals surface area contributed by atoms with Gasteiger partial charge in [-0.05, 0) is 19.3 Å². The predicted molar refractivity (Wildman–Crippen MR) is 63.7 cm³/mol. The van der Waals surface area contributed by atoms with Crippen molar-refractivity contribution >= 4 is 0 Å². The van der Waals surface area contributed by atoms with Crippen molar-refractivity contribution < 1.29 is 4.74 Å². The van der Waals surface area contributed by atoms with Gasteiger partial charge < -0.3 is 4.74 Å². The van der Waals surface area contributed by atoms with Gasteiger partial charge in [-0.3, -0.25) is 0 Å². The SMILES string of the molecule is CCCCCCOC(CCC)CCC. The lowest BCUT2D eigenvalue weighted by molar-refractivity contribution is 0.0383. The summed E-state index contributed by atoms with van der Waals surface area (Å²) in [7, 11) is 0. The van der Waals surface area contributed by atoms with Gasteiger partial charge in [-0.2, -0.15) is 0 Å². The normalized spacial score (nSPS) is 11.1. The molecule has 0 rings (SSSR count). The third-order valence-corrected chi connectivity index (χ3v) is 2.57. The molecule has 0 amide bonds. The fourth-order valence-corrected chi connectivity index (χ4v) is 1.73. The Balaban J connectivity index is 3.30. The zero-order valence-electron chi connectivity index (χ0n) is 10.3. The largest absolute Gasteiger partial charge is 0.378 e. The molecule has 0 unspecified atom stereocenters. The van der Waals surface area contributed by atoms with Crippen molar-refractivity contribution in [1.82, 2.24) is 0 Å². The summed E-state index contributed by atoms with van der Waals surface area (Å²) in [5, 5.41) is 0. The topological polar surface area (TPSA) is 9.23 Å². The summed E-state index contributed by atoms with van der Waals surface area (Å²) in [6, 6.07) is 0. The summed E-state index contributed by atoms with van der Waals surface area (Å²) in [6.45, 7) is 7.70. The maximum absolute atomic E-state index is 5.87. The van der Waals surface area contributed by atoms with Crippen LogP contribution in [0.15, 0.2) is 0 Å². The van der Waals surface area contributed by atoms with Crippen LogP contribution in [0.2, 0.25) is 0 Å². The molecule has 0 aromatic carbocycles. The lowest BCUT2D eigenvalue weighted by atomic mass is 10.1. The van der Waals surface area contributed by atoms with E-state index in [0.717, 1.165) is 6.61 Å². The zero-order chi connectivity index (χ0) is 10.6. The summed E-state index contributed by atoms with van der Waals surface area (Å²) >= 11 is 0. The van der Waals surface area contributed by atoms with Crippen LogP contribution in [0.25, 0.3) is 0 Å². The molecule has 0 aromatic heterocycles. The van der Waals surface area contributed by atoms with Gasteiger partial charge in [-0.1, -0.05) is 52.9 Å². The first-order valence-corrected chi connectivity index (χ1v) is 6.46. The average Bonchev–Trinajstić information content (AvgIpc) is 2.18. The summed E-state index contributed by atoms with van der Waals surface area (Å²) in [5.74, 6) is 0. The van der Waals surface area contributed by atoms with Gasteiger partial charge in [0.05, 0.1) is 6.10 Å². The standard InChI is InChI=1S/C13H28O/c1-4-7-8-9-12-14-13(10-5-2)11-6-3/h13H,4-12H2,1-3H3. The molecule has 0 N–H and O–H groups in total. The van der Waals surface area contributed by atoms with E-state index < -0.39 is 0 Å². The second kappa shape index (κ2) is 11.0. The number of ether oxygens (including phenoxy) is 1. The maximum Gasteiger partial charge on any atom is 0.0575 e. The highest BCUT2D eigenvalue weighted by molar-refractivity contribution is 4.56. The molecule has 0 aliphatic heterocycles. The lowest BCUT2D eigenvalue weighted by Crippen LogP contribution is -2.13. The van der Waals surface area contributed by atoms with Crippen molar-refractivity contribution in [1.29, 1.82) is 0 Å². The molecular weight excluding hydrogens is 172 g/mol. The molecule has 0 spiro atoms. The number of unbranched alkanes of at least 4 members (excludes halogenated alkanes) is 3. The third-order valence-electron chi connectivity index (χ3n) is 2.57. The first kappa shape index (κ1) is 14.0. The highest BCUT2D eigenvalue weighted by Gasteiger charge is 2.05. The highest BCUT2D eigenvalue weighted by atomic mass is 16.5. The molecular formula is C13H28O. The van der Waals surface area contributed by atoms with Gasteiger partial charge in [0.15, 0.2) is 0 Å². The zero-order valence-corrected chi connectivity index (χ0v) is 10.3. The second-order valence-electron chi connectivity index (χ2n) is 4.13. The van der Waals surface area contributed by atoms with Gasteiger partial charge in [-0.15, -0.1) is 0 Å². The van der Waals surface area contributed by atoms with Crippen LogP contribution in [0.3, 0.4) is 0 Å². The Kier molecular flexibility index (Phi) is 11.0. The van der Waals surface area contributed by atoms with E-state index in [0.29, 0.717) is 6.10 Å². The number of hydrogen-bond donors (Lipinski definition) is 0. The molecule has 0 atom stereocenters. The Morgan fingerprint density at radius 3 is 1.93 bits per heavy atom. The molecule has 0 aliphatic rings. The molecule has 0 heterocycles. The molecule has 0 saturated heterocycles. The Hall–Kier alpha value is -0.0400. The monoisotopic (exact) mass is 200 g/mol. The summed E-state index contributed by atoms with van der Waals surface area (Å²) in [4.78, 5) is 0. The van der Waals surface area contributed by atoms with Gasteiger partial charge >= 0.3 is 0 Å². The van der Waals surface area contributed by atoms with E-state index in [-0.39, 0.29) is 0 Å². The van der Waals surface area contributed by atoms with Crippen LogP contribution in [-0.2, 0) is 4.74 Å². The van der Waals surface area contributed by atoms with Crippen LogP contribution < -0.4 is 0 Å². The van der Waals surface area contributed by atoms with Crippen molar-refractivity contribution in [2.45, 2.75) is 78.2 Å². The van der Waals surface area contributed by atoms with E-state index >= 15 is 0 Å². The van der Waals surface area contributed by atoms with Crippen LogP contribution >= 0.6 is 0 Å². The molecule has 0 fully saturated rings. The quantitative estimate of drug-likeness (QED) is 0.470. The number of rotatable bonds is 10. The highest BCUT2D eigenvalue weighted by Crippen LogP contribution is 2.10. The molecule has 86 valence electrons. The van der Waals surface area contributed by atoms with Crippen LogP contribution in [0.4, 0.5) is 0 Å². The van der Waals surface area contributed by atoms with E-state index in [4.69, 9.17) is 4.74 Å². The molecule has 0 bridgehead atoms. The van der Waals surface area contributed by atoms with E-state index in [1.807, 2.05) is 0 Å². The number of hydrogen-bond acceptors (Lipinski definition) is 1. The van der Waals surface area contributed by atoms with Crippen molar-refractivity contribution in [3.63, 3.8) is 0 Å². The van der Waals surface area contributed by atoms with Crippen LogP contribution in [0.1, 0.15) is 72.1 Å². The van der Waals surface area contributed by atoms with Crippen molar-refractivity contribution in [3.05, 3.63) is 0 Å². The minimum Gasteiger partial charge on any atom is -0.378 e. The van der Waals surface area contributed by atoms with Gasteiger partial charge in [0, 0.05) is 6.61 Å². The third kappa shape index (κ3) is 8.55. The predicted octanol–water partition coefficient (Wildman–Crippen LogP) is 4.55. The fourth-order valence-electron chi connectivity index (χ4n) is 1.73. The summed E-state index contributed by atoms with van der Waals surface area (Å²) in [5.41, 5.74) is 0. The van der Waals surface area contributed by atoms with Crippen LogP contribution in [0, 0.1) is 0 Å². The fraction of sp³-hybridized carbons (Fsp3) is 1.00. The van der Waals surface area contributed by atoms with Gasteiger partial charge in [0.1, 0.15) is 0 Å². The first-order valence-electron chi connectivity index (χ1n) is 6.46. The first-order chi connectivity index (χ1) is 6.85. The Morgan fingerprint density at radius 2 is 1.43 bits per heavy atom. The molecule has 0 saturated carbocycles. The molecule has 1 heteroatoms. The summed E-state index contributed by atoms with van der Waals surface area (Å²) in [6.07, 6.45) is 10.8. The van der Waals surface area contributed by atoms with Crippen molar-refractivity contribution in [3.8, 4) is 0 Å². The van der Waals surface area contributed by atoms with E-state index in [1.165, 1.54) is 51.4 Å². The molecule has 0 aromatic rings.